The molecule has 2 spiro atoms. The number of benzene rings is 2. The maximum absolute atomic E-state index is 6.55. The number of fused-ring (bicyclic) bond motifs is 4. The van der Waals surface area contributed by atoms with Gasteiger partial charge in [0, 0.05) is 43.0 Å². The van der Waals surface area contributed by atoms with E-state index in [9.17, 15) is 0 Å². The molecular formula is C42H54N6O. The Labute approximate surface area is 291 Å². The van der Waals surface area contributed by atoms with E-state index >= 15 is 0 Å². The largest absolute Gasteiger partial charge is 0.381 e. The van der Waals surface area contributed by atoms with Crippen LogP contribution < -0.4 is 16.4 Å². The second-order valence-electron chi connectivity index (χ2n) is 17.1. The van der Waals surface area contributed by atoms with Gasteiger partial charge in [0.15, 0.2) is 0 Å². The highest BCUT2D eigenvalue weighted by Gasteiger charge is 2.45. The van der Waals surface area contributed by atoms with Crippen molar-refractivity contribution in [1.82, 2.24) is 20.6 Å². The molecule has 5 fully saturated rings. The Balaban J connectivity index is 1.06. The van der Waals surface area contributed by atoms with Gasteiger partial charge in [-0.15, -0.1) is 0 Å². The quantitative estimate of drug-likeness (QED) is 0.214. The van der Waals surface area contributed by atoms with Crippen molar-refractivity contribution in [3.8, 4) is 22.4 Å². The molecule has 7 nitrogen and oxygen atoms in total. The molecule has 4 aliphatic carbocycles. The summed E-state index contributed by atoms with van der Waals surface area (Å²) < 4.78 is 5.93. The normalized spacial score (nSPS) is 29.4. The van der Waals surface area contributed by atoms with Crippen LogP contribution in [-0.4, -0.2) is 60.6 Å². The summed E-state index contributed by atoms with van der Waals surface area (Å²) in [7, 11) is 0. The zero-order chi connectivity index (χ0) is 32.6. The van der Waals surface area contributed by atoms with Crippen LogP contribution in [0.1, 0.15) is 110 Å². The minimum Gasteiger partial charge on any atom is -0.381 e. The molecule has 2 bridgehead atoms. The van der Waals surface area contributed by atoms with Crippen molar-refractivity contribution in [2.45, 2.75) is 114 Å². The fourth-order valence-corrected chi connectivity index (χ4v) is 11.7. The second kappa shape index (κ2) is 12.1. The highest BCUT2D eigenvalue weighted by Crippen LogP contribution is 2.55. The third-order valence-corrected chi connectivity index (χ3v) is 14.3. The Morgan fingerprint density at radius 3 is 2.27 bits per heavy atom. The number of nitrogens with zero attached hydrogens (tertiary/aromatic N) is 2. The summed E-state index contributed by atoms with van der Waals surface area (Å²) in [5, 5.41) is 7.49. The van der Waals surface area contributed by atoms with Crippen LogP contribution in [0, 0.1) is 16.7 Å². The van der Waals surface area contributed by atoms with E-state index in [1.165, 1.54) is 97.7 Å². The van der Waals surface area contributed by atoms with Crippen molar-refractivity contribution in [3.63, 3.8) is 0 Å². The minimum absolute atomic E-state index is 0.285. The van der Waals surface area contributed by atoms with E-state index in [2.05, 4.69) is 46.1 Å². The standard InChI is InChI=1S/C42H54N6O/c43-23-37(45-24-38-26-5-6-27(18-26)47-38)30-9-7-28(33-20-42(22-34(30)33)13-16-49-17-14-42)29-8-10-31(35-21-41(19-32(29)35)11-1-2-12-41)39-25-46-40(48-39)36-4-3-15-44-36/h7-10,25-27,36,38,44,47H,1-6,11-24,43H2,(H,46,48). The number of hydrogen-bond donors (Lipinski definition) is 4. The molecular weight excluding hydrogens is 605 g/mol. The van der Waals surface area contributed by atoms with Crippen LogP contribution in [0.25, 0.3) is 22.4 Å². The molecule has 4 heterocycles. The number of aliphatic imine (C=N–C) groups is 1. The van der Waals surface area contributed by atoms with Crippen molar-refractivity contribution in [2.24, 2.45) is 27.5 Å². The predicted molar refractivity (Wildman–Crippen MR) is 196 cm³/mol. The zero-order valence-corrected chi connectivity index (χ0v) is 29.2. The number of hydrogen-bond acceptors (Lipinski definition) is 6. The first-order valence-corrected chi connectivity index (χ1v) is 19.8. The topological polar surface area (TPSA) is 100 Å². The van der Waals surface area contributed by atoms with Crippen molar-refractivity contribution in [1.29, 1.82) is 0 Å². The van der Waals surface area contributed by atoms with Gasteiger partial charge in [0.05, 0.1) is 30.2 Å². The average molecular weight is 659 g/mol. The molecule has 5 N–H and O–H groups in total. The van der Waals surface area contributed by atoms with Crippen LogP contribution in [0.2, 0.25) is 0 Å². The van der Waals surface area contributed by atoms with Crippen LogP contribution in [0.5, 0.6) is 0 Å². The summed E-state index contributed by atoms with van der Waals surface area (Å²) in [6, 6.07) is 11.3. The Hall–Kier alpha value is -2.84. The third kappa shape index (κ3) is 5.29. The molecule has 2 aromatic carbocycles. The Bertz CT molecular complexity index is 1770. The Morgan fingerprint density at radius 2 is 1.55 bits per heavy atom. The van der Waals surface area contributed by atoms with E-state index in [1.807, 2.05) is 0 Å². The van der Waals surface area contributed by atoms with Crippen LogP contribution in [-0.2, 0) is 30.4 Å². The summed E-state index contributed by atoms with van der Waals surface area (Å²) in [5.41, 5.74) is 21.5. The SMILES string of the molecule is NCC(=NCC1NC2CCC1C2)c1ccc(-c2ccc(-c3cnc(C4CCCN4)[nH]3)c3c2CC2(CCCC2)C3)c2c1CC1(CCOCC1)C2. The molecule has 7 heteroatoms. The molecule has 4 atom stereocenters. The van der Waals surface area contributed by atoms with Crippen molar-refractivity contribution >= 4 is 5.71 Å². The van der Waals surface area contributed by atoms with Crippen LogP contribution in [0.4, 0.5) is 0 Å². The Kier molecular flexibility index (Phi) is 7.67. The van der Waals surface area contributed by atoms with Crippen LogP contribution in [0.3, 0.4) is 0 Å². The summed E-state index contributed by atoms with van der Waals surface area (Å²) >= 11 is 0. The molecule has 1 aromatic heterocycles. The number of aromatic amines is 1. The number of nitrogens with one attached hydrogen (secondary N) is 3. The molecule has 258 valence electrons. The van der Waals surface area contributed by atoms with Gasteiger partial charge < -0.3 is 26.1 Å². The van der Waals surface area contributed by atoms with Crippen molar-refractivity contribution in [2.75, 3.05) is 32.8 Å². The number of piperidine rings is 1. The lowest BCUT2D eigenvalue weighted by Gasteiger charge is -2.33. The number of ether oxygens (including phenoxy) is 1. The van der Waals surface area contributed by atoms with Gasteiger partial charge >= 0.3 is 0 Å². The van der Waals surface area contributed by atoms with Gasteiger partial charge in [-0.1, -0.05) is 37.1 Å². The Morgan fingerprint density at radius 1 is 0.837 bits per heavy atom. The summed E-state index contributed by atoms with van der Waals surface area (Å²) in [4.78, 5) is 14.0. The minimum atomic E-state index is 0.285. The smallest absolute Gasteiger partial charge is 0.123 e. The summed E-state index contributed by atoms with van der Waals surface area (Å²) in [5.74, 6) is 1.88. The first kappa shape index (κ1) is 30.9. The van der Waals surface area contributed by atoms with E-state index in [0.717, 1.165) is 75.9 Å². The highest BCUT2D eigenvalue weighted by molar-refractivity contribution is 6.04. The first-order chi connectivity index (χ1) is 24.1. The molecule has 4 unspecified atom stereocenters. The lowest BCUT2D eigenvalue weighted by atomic mass is 9.77. The number of nitrogens with two attached hydrogens (primary N) is 1. The molecule has 0 radical (unpaired) electrons. The van der Waals surface area contributed by atoms with E-state index < -0.39 is 0 Å². The molecule has 3 saturated heterocycles. The first-order valence-electron chi connectivity index (χ1n) is 19.8. The fourth-order valence-electron chi connectivity index (χ4n) is 11.7. The lowest BCUT2D eigenvalue weighted by Crippen LogP contribution is -2.38. The van der Waals surface area contributed by atoms with Gasteiger partial charge in [0.25, 0.3) is 0 Å². The maximum atomic E-state index is 6.55. The summed E-state index contributed by atoms with van der Waals surface area (Å²) in [6.07, 6.45) is 20.9. The van der Waals surface area contributed by atoms with Gasteiger partial charge in [0.1, 0.15) is 5.82 Å². The molecule has 0 amide bonds. The molecule has 10 rings (SSSR count). The lowest BCUT2D eigenvalue weighted by molar-refractivity contribution is 0.0199. The van der Waals surface area contributed by atoms with Gasteiger partial charge in [-0.2, -0.15) is 0 Å². The number of imidazole rings is 1. The van der Waals surface area contributed by atoms with E-state index in [4.69, 9.17) is 20.4 Å². The van der Waals surface area contributed by atoms with Gasteiger partial charge in [-0.3, -0.25) is 4.99 Å². The van der Waals surface area contributed by atoms with Gasteiger partial charge in [0.2, 0.25) is 0 Å². The molecule has 49 heavy (non-hydrogen) atoms. The zero-order valence-electron chi connectivity index (χ0n) is 29.2. The predicted octanol–water partition coefficient (Wildman–Crippen LogP) is 6.61. The average Bonchev–Trinajstić information content (AvgIpc) is 3.97. The van der Waals surface area contributed by atoms with Crippen molar-refractivity contribution < 1.29 is 4.74 Å². The monoisotopic (exact) mass is 658 g/mol. The van der Waals surface area contributed by atoms with E-state index in [-0.39, 0.29) is 5.41 Å². The second-order valence-corrected chi connectivity index (χ2v) is 17.1. The maximum Gasteiger partial charge on any atom is 0.123 e. The van der Waals surface area contributed by atoms with Gasteiger partial charge in [-0.05, 0) is 140 Å². The summed E-state index contributed by atoms with van der Waals surface area (Å²) in [6.45, 7) is 4.19. The molecule has 2 saturated carbocycles. The molecule has 3 aromatic rings. The van der Waals surface area contributed by atoms with Crippen molar-refractivity contribution in [3.05, 3.63) is 64.1 Å². The number of rotatable bonds is 7. The fraction of sp³-hybridized carbons (Fsp3) is 0.619. The molecule has 7 aliphatic rings. The number of aromatic nitrogens is 2. The van der Waals surface area contributed by atoms with E-state index in [0.29, 0.717) is 30.1 Å². The molecule has 3 aliphatic heterocycles. The van der Waals surface area contributed by atoms with Crippen LogP contribution >= 0.6 is 0 Å². The van der Waals surface area contributed by atoms with E-state index in [1.54, 1.807) is 16.7 Å². The number of H-pyrrole nitrogens is 1. The van der Waals surface area contributed by atoms with Crippen LogP contribution in [0.15, 0.2) is 35.5 Å². The third-order valence-electron chi connectivity index (χ3n) is 14.3. The van der Waals surface area contributed by atoms with Gasteiger partial charge in [-0.25, -0.2) is 4.98 Å². The highest BCUT2D eigenvalue weighted by atomic mass is 16.5.